The van der Waals surface area contributed by atoms with Gasteiger partial charge >= 0.3 is 0 Å². The molecule has 19 heavy (non-hydrogen) atoms. The highest BCUT2D eigenvalue weighted by Crippen LogP contribution is 2.23. The molecule has 1 N–H and O–H groups in total. The number of hydrogen-bond donors (Lipinski definition) is 1. The summed E-state index contributed by atoms with van der Waals surface area (Å²) >= 11 is 5.75. The Morgan fingerprint density at radius 1 is 1.16 bits per heavy atom. The molecule has 1 saturated carbocycles. The summed E-state index contributed by atoms with van der Waals surface area (Å²) in [6.07, 6.45) is 5.18. The smallest absolute Gasteiger partial charge is 0.179 e. The third-order valence-corrected chi connectivity index (χ3v) is 5.61. The number of rotatable bonds is 6. The minimum atomic E-state index is -3.19. The lowest BCUT2D eigenvalue weighted by molar-refractivity contribution is 0.497. The summed E-state index contributed by atoms with van der Waals surface area (Å²) in [5, 5.41) is 3.81. The van der Waals surface area contributed by atoms with Crippen LogP contribution in [0.2, 0.25) is 5.02 Å². The van der Waals surface area contributed by atoms with E-state index in [0.29, 0.717) is 16.5 Å². The van der Waals surface area contributed by atoms with Crippen LogP contribution >= 0.6 is 11.6 Å². The highest BCUT2D eigenvalue weighted by Gasteiger charge is 2.16. The number of nitrogens with one attached hydrogen (secondary N) is 1. The van der Waals surface area contributed by atoms with E-state index in [1.54, 1.807) is 24.3 Å². The van der Waals surface area contributed by atoms with Gasteiger partial charge in [0.2, 0.25) is 0 Å². The van der Waals surface area contributed by atoms with Crippen molar-refractivity contribution in [3.63, 3.8) is 0 Å². The van der Waals surface area contributed by atoms with Crippen LogP contribution in [0.3, 0.4) is 0 Å². The molecule has 0 atom stereocenters. The third kappa shape index (κ3) is 4.48. The van der Waals surface area contributed by atoms with Crippen LogP contribution < -0.4 is 5.32 Å². The molecule has 106 valence electrons. The monoisotopic (exact) mass is 301 g/mol. The van der Waals surface area contributed by atoms with Crippen molar-refractivity contribution < 1.29 is 8.42 Å². The van der Waals surface area contributed by atoms with Crippen LogP contribution in [0, 0.1) is 5.92 Å². The topological polar surface area (TPSA) is 46.2 Å². The zero-order valence-corrected chi connectivity index (χ0v) is 12.5. The fourth-order valence-corrected chi connectivity index (χ4v) is 3.81. The van der Waals surface area contributed by atoms with E-state index < -0.39 is 9.84 Å². The SMILES string of the molecule is O=S(=O)(CCNCC1CCCC1)c1ccc(Cl)cc1. The highest BCUT2D eigenvalue weighted by molar-refractivity contribution is 7.91. The van der Waals surface area contributed by atoms with Gasteiger partial charge in [-0.3, -0.25) is 0 Å². The molecule has 3 nitrogen and oxygen atoms in total. The summed E-state index contributed by atoms with van der Waals surface area (Å²) in [7, 11) is -3.19. The van der Waals surface area contributed by atoms with Gasteiger partial charge in [0.1, 0.15) is 0 Å². The minimum Gasteiger partial charge on any atom is -0.315 e. The van der Waals surface area contributed by atoms with Gasteiger partial charge in [0.05, 0.1) is 10.6 Å². The summed E-state index contributed by atoms with van der Waals surface area (Å²) in [6.45, 7) is 1.46. The van der Waals surface area contributed by atoms with E-state index in [0.717, 1.165) is 12.5 Å². The van der Waals surface area contributed by atoms with Crippen LogP contribution in [0.15, 0.2) is 29.2 Å². The van der Waals surface area contributed by atoms with E-state index in [9.17, 15) is 8.42 Å². The molecular formula is C14H20ClNO2S. The Kier molecular flexibility index (Phi) is 5.25. The molecule has 0 spiro atoms. The largest absolute Gasteiger partial charge is 0.315 e. The summed E-state index contributed by atoms with van der Waals surface area (Å²) in [5.74, 6) is 0.875. The molecule has 0 radical (unpaired) electrons. The maximum absolute atomic E-state index is 12.1. The fourth-order valence-electron chi connectivity index (χ4n) is 2.49. The first-order valence-electron chi connectivity index (χ1n) is 6.77. The normalized spacial score (nSPS) is 16.9. The quantitative estimate of drug-likeness (QED) is 0.822. The van der Waals surface area contributed by atoms with E-state index in [1.165, 1.54) is 25.7 Å². The summed E-state index contributed by atoms with van der Waals surface area (Å²) < 4.78 is 24.1. The number of hydrogen-bond acceptors (Lipinski definition) is 3. The Morgan fingerprint density at radius 2 is 1.79 bits per heavy atom. The molecular weight excluding hydrogens is 282 g/mol. The molecule has 2 rings (SSSR count). The number of benzene rings is 1. The second-order valence-corrected chi connectivity index (χ2v) is 7.67. The Labute approximate surface area is 120 Å². The first-order chi connectivity index (χ1) is 9.08. The second-order valence-electron chi connectivity index (χ2n) is 5.13. The summed E-state index contributed by atoms with van der Waals surface area (Å²) in [5.41, 5.74) is 0. The van der Waals surface area contributed by atoms with Gasteiger partial charge in [0.15, 0.2) is 9.84 Å². The van der Waals surface area contributed by atoms with Gasteiger partial charge in [0.25, 0.3) is 0 Å². The molecule has 0 bridgehead atoms. The van der Waals surface area contributed by atoms with Crippen molar-refractivity contribution in [2.75, 3.05) is 18.8 Å². The predicted octanol–water partition coefficient (Wildman–Crippen LogP) is 2.89. The molecule has 0 aromatic heterocycles. The molecule has 0 heterocycles. The van der Waals surface area contributed by atoms with Crippen molar-refractivity contribution in [3.8, 4) is 0 Å². The molecule has 1 aromatic rings. The predicted molar refractivity (Wildman–Crippen MR) is 78.3 cm³/mol. The molecule has 0 amide bonds. The van der Waals surface area contributed by atoms with Crippen molar-refractivity contribution >= 4 is 21.4 Å². The maximum atomic E-state index is 12.1. The van der Waals surface area contributed by atoms with Crippen LogP contribution in [0.1, 0.15) is 25.7 Å². The van der Waals surface area contributed by atoms with Gasteiger partial charge in [0, 0.05) is 11.6 Å². The zero-order chi connectivity index (χ0) is 13.7. The van der Waals surface area contributed by atoms with Crippen LogP contribution in [0.5, 0.6) is 0 Å². The Morgan fingerprint density at radius 3 is 2.42 bits per heavy atom. The summed E-state index contributed by atoms with van der Waals surface area (Å²) in [6, 6.07) is 6.35. The Balaban J connectivity index is 1.79. The van der Waals surface area contributed by atoms with Crippen molar-refractivity contribution in [2.24, 2.45) is 5.92 Å². The van der Waals surface area contributed by atoms with Gasteiger partial charge in [-0.2, -0.15) is 0 Å². The van der Waals surface area contributed by atoms with Crippen LogP contribution in [0.4, 0.5) is 0 Å². The third-order valence-electron chi connectivity index (χ3n) is 3.63. The van der Waals surface area contributed by atoms with Crippen molar-refractivity contribution in [2.45, 2.75) is 30.6 Å². The summed E-state index contributed by atoms with van der Waals surface area (Å²) in [4.78, 5) is 0.347. The lowest BCUT2D eigenvalue weighted by Crippen LogP contribution is -2.27. The molecule has 1 aromatic carbocycles. The van der Waals surface area contributed by atoms with Crippen LogP contribution in [-0.4, -0.2) is 27.3 Å². The van der Waals surface area contributed by atoms with E-state index in [2.05, 4.69) is 5.32 Å². The van der Waals surface area contributed by atoms with E-state index in [-0.39, 0.29) is 5.75 Å². The maximum Gasteiger partial charge on any atom is 0.179 e. The van der Waals surface area contributed by atoms with E-state index in [1.807, 2.05) is 0 Å². The molecule has 0 aliphatic heterocycles. The standard InChI is InChI=1S/C14H20ClNO2S/c15-13-5-7-14(8-6-13)19(17,18)10-9-16-11-12-3-1-2-4-12/h5-8,12,16H,1-4,9-11H2. The van der Waals surface area contributed by atoms with Crippen LogP contribution in [0.25, 0.3) is 0 Å². The lowest BCUT2D eigenvalue weighted by Gasteiger charge is -2.10. The molecule has 1 aliphatic rings. The van der Waals surface area contributed by atoms with Gasteiger partial charge in [-0.15, -0.1) is 0 Å². The van der Waals surface area contributed by atoms with Crippen LogP contribution in [-0.2, 0) is 9.84 Å². The van der Waals surface area contributed by atoms with Gasteiger partial charge in [-0.1, -0.05) is 24.4 Å². The first-order valence-corrected chi connectivity index (χ1v) is 8.80. The minimum absolute atomic E-state index is 0.140. The van der Waals surface area contributed by atoms with E-state index >= 15 is 0 Å². The van der Waals surface area contributed by atoms with Crippen molar-refractivity contribution in [1.29, 1.82) is 0 Å². The molecule has 5 heteroatoms. The van der Waals surface area contributed by atoms with Gasteiger partial charge in [-0.25, -0.2) is 8.42 Å². The fraction of sp³-hybridized carbons (Fsp3) is 0.571. The number of halogens is 1. The molecule has 0 saturated heterocycles. The average Bonchev–Trinajstić information content (AvgIpc) is 2.88. The number of sulfone groups is 1. The Hall–Kier alpha value is -0.580. The Bertz CT molecular complexity index is 493. The van der Waals surface area contributed by atoms with Gasteiger partial charge in [-0.05, 0) is 49.6 Å². The first kappa shape index (κ1) is 14.8. The molecule has 1 fully saturated rings. The molecule has 1 aliphatic carbocycles. The van der Waals surface area contributed by atoms with Crippen molar-refractivity contribution in [3.05, 3.63) is 29.3 Å². The highest BCUT2D eigenvalue weighted by atomic mass is 35.5. The van der Waals surface area contributed by atoms with E-state index in [4.69, 9.17) is 11.6 Å². The van der Waals surface area contributed by atoms with Crippen molar-refractivity contribution in [1.82, 2.24) is 5.32 Å². The van der Waals surface area contributed by atoms with Gasteiger partial charge < -0.3 is 5.32 Å². The second kappa shape index (κ2) is 6.73. The lowest BCUT2D eigenvalue weighted by atomic mass is 10.1. The zero-order valence-electron chi connectivity index (χ0n) is 10.9. The average molecular weight is 302 g/mol. The molecule has 0 unspecified atom stereocenters.